The summed E-state index contributed by atoms with van der Waals surface area (Å²) in [7, 11) is 0. The van der Waals surface area contributed by atoms with Crippen molar-refractivity contribution in [1.82, 2.24) is 4.90 Å². The molecule has 1 amide bonds. The summed E-state index contributed by atoms with van der Waals surface area (Å²) in [6.45, 7) is 1.76. The minimum atomic E-state index is 0.372. The molecule has 2 aliphatic carbocycles. The van der Waals surface area contributed by atoms with Gasteiger partial charge in [-0.1, -0.05) is 0 Å². The van der Waals surface area contributed by atoms with Gasteiger partial charge in [0.25, 0.3) is 0 Å². The Balaban J connectivity index is 1.56. The van der Waals surface area contributed by atoms with Crippen molar-refractivity contribution in [2.45, 2.75) is 51.0 Å². The molecule has 3 nitrogen and oxygen atoms in total. The van der Waals surface area contributed by atoms with E-state index in [0.29, 0.717) is 17.9 Å². The van der Waals surface area contributed by atoms with Gasteiger partial charge in [-0.3, -0.25) is 4.79 Å². The van der Waals surface area contributed by atoms with Gasteiger partial charge in [-0.05, 0) is 63.3 Å². The van der Waals surface area contributed by atoms with Crippen LogP contribution in [0.25, 0.3) is 0 Å². The lowest BCUT2D eigenvalue weighted by Crippen LogP contribution is -2.39. The Morgan fingerprint density at radius 3 is 2.71 bits per heavy atom. The predicted octanol–water partition coefficient (Wildman–Crippen LogP) is 1.76. The molecule has 0 aromatic heterocycles. The number of likely N-dealkylation sites (tertiary alicyclic amines) is 1. The Bertz CT molecular complexity index is 295. The fraction of sp³-hybridized carbons (Fsp3) is 0.929. The van der Waals surface area contributed by atoms with Gasteiger partial charge in [-0.15, -0.1) is 0 Å². The fourth-order valence-electron chi connectivity index (χ4n) is 3.93. The highest BCUT2D eigenvalue weighted by Crippen LogP contribution is 2.54. The monoisotopic (exact) mass is 236 g/mol. The number of carbonyl (C=O) groups is 1. The SMILES string of the molecule is NCCCC1CCCN1C(=O)C1CC2CC2C1. The molecule has 3 atom stereocenters. The fourth-order valence-corrected chi connectivity index (χ4v) is 3.93. The molecule has 0 aromatic rings. The summed E-state index contributed by atoms with van der Waals surface area (Å²) in [6, 6.07) is 0.503. The van der Waals surface area contributed by atoms with E-state index < -0.39 is 0 Å². The number of hydrogen-bond donors (Lipinski definition) is 1. The van der Waals surface area contributed by atoms with Crippen molar-refractivity contribution in [2.75, 3.05) is 13.1 Å². The topological polar surface area (TPSA) is 46.3 Å². The second kappa shape index (κ2) is 4.60. The molecule has 0 aromatic carbocycles. The van der Waals surface area contributed by atoms with Gasteiger partial charge < -0.3 is 10.6 Å². The molecular weight excluding hydrogens is 212 g/mol. The summed E-state index contributed by atoms with van der Waals surface area (Å²) < 4.78 is 0. The molecular formula is C14H24N2O. The molecule has 2 N–H and O–H groups in total. The maximum absolute atomic E-state index is 12.5. The molecule has 1 heterocycles. The van der Waals surface area contributed by atoms with Crippen LogP contribution in [0.1, 0.15) is 44.9 Å². The molecule has 3 rings (SSSR count). The summed E-state index contributed by atoms with van der Waals surface area (Å²) in [4.78, 5) is 14.7. The molecule has 2 saturated carbocycles. The average Bonchev–Trinajstić information content (AvgIpc) is 2.81. The molecule has 3 fully saturated rings. The summed E-state index contributed by atoms with van der Waals surface area (Å²) in [6.07, 6.45) is 8.34. The first kappa shape index (κ1) is 11.5. The molecule has 96 valence electrons. The number of nitrogens with zero attached hydrogens (tertiary/aromatic N) is 1. The zero-order valence-electron chi connectivity index (χ0n) is 10.6. The maximum Gasteiger partial charge on any atom is 0.225 e. The Kier molecular flexibility index (Phi) is 3.12. The van der Waals surface area contributed by atoms with Crippen LogP contribution in [0.15, 0.2) is 0 Å². The van der Waals surface area contributed by atoms with Crippen LogP contribution in [0.2, 0.25) is 0 Å². The van der Waals surface area contributed by atoms with E-state index in [1.165, 1.54) is 32.1 Å². The highest BCUT2D eigenvalue weighted by Gasteiger charge is 2.49. The minimum absolute atomic E-state index is 0.372. The van der Waals surface area contributed by atoms with Crippen LogP contribution < -0.4 is 5.73 Å². The molecule has 3 heteroatoms. The smallest absolute Gasteiger partial charge is 0.225 e. The molecule has 0 radical (unpaired) electrons. The minimum Gasteiger partial charge on any atom is -0.339 e. The van der Waals surface area contributed by atoms with Gasteiger partial charge in [-0.25, -0.2) is 0 Å². The van der Waals surface area contributed by atoms with Gasteiger partial charge in [0.05, 0.1) is 0 Å². The number of rotatable bonds is 4. The highest BCUT2D eigenvalue weighted by atomic mass is 16.2. The second-order valence-electron chi connectivity index (χ2n) is 6.18. The number of carbonyl (C=O) groups excluding carboxylic acids is 1. The van der Waals surface area contributed by atoms with E-state index in [0.717, 1.165) is 37.8 Å². The molecule has 17 heavy (non-hydrogen) atoms. The van der Waals surface area contributed by atoms with Crippen molar-refractivity contribution in [2.24, 2.45) is 23.5 Å². The van der Waals surface area contributed by atoms with Gasteiger partial charge in [0.2, 0.25) is 5.91 Å². The van der Waals surface area contributed by atoms with E-state index in [4.69, 9.17) is 5.73 Å². The Labute approximate surface area is 104 Å². The number of hydrogen-bond acceptors (Lipinski definition) is 2. The maximum atomic E-state index is 12.5. The first-order chi connectivity index (χ1) is 8.29. The largest absolute Gasteiger partial charge is 0.339 e. The highest BCUT2D eigenvalue weighted by molar-refractivity contribution is 5.80. The van der Waals surface area contributed by atoms with E-state index in [1.54, 1.807) is 0 Å². The normalized spacial score (nSPS) is 39.5. The van der Waals surface area contributed by atoms with Crippen molar-refractivity contribution in [3.8, 4) is 0 Å². The Hall–Kier alpha value is -0.570. The summed E-state index contributed by atoms with van der Waals surface area (Å²) >= 11 is 0. The average molecular weight is 236 g/mol. The van der Waals surface area contributed by atoms with Gasteiger partial charge >= 0.3 is 0 Å². The second-order valence-corrected chi connectivity index (χ2v) is 6.18. The molecule has 3 unspecified atom stereocenters. The number of nitrogens with two attached hydrogens (primary N) is 1. The van der Waals surface area contributed by atoms with E-state index >= 15 is 0 Å². The zero-order valence-corrected chi connectivity index (χ0v) is 10.6. The zero-order chi connectivity index (χ0) is 11.8. The van der Waals surface area contributed by atoms with Gasteiger partial charge in [0, 0.05) is 18.5 Å². The van der Waals surface area contributed by atoms with Crippen LogP contribution in [0.3, 0.4) is 0 Å². The Morgan fingerprint density at radius 2 is 2.00 bits per heavy atom. The lowest BCUT2D eigenvalue weighted by atomic mass is 10.0. The van der Waals surface area contributed by atoms with Crippen molar-refractivity contribution in [3.63, 3.8) is 0 Å². The lowest BCUT2D eigenvalue weighted by Gasteiger charge is -2.28. The summed E-state index contributed by atoms with van der Waals surface area (Å²) in [5.74, 6) is 2.66. The molecule has 0 bridgehead atoms. The van der Waals surface area contributed by atoms with Crippen LogP contribution in [0, 0.1) is 17.8 Å². The van der Waals surface area contributed by atoms with Crippen LogP contribution in [-0.4, -0.2) is 29.9 Å². The van der Waals surface area contributed by atoms with Crippen molar-refractivity contribution >= 4 is 5.91 Å². The van der Waals surface area contributed by atoms with Gasteiger partial charge in [0.15, 0.2) is 0 Å². The Morgan fingerprint density at radius 1 is 1.24 bits per heavy atom. The van der Waals surface area contributed by atoms with E-state index in [9.17, 15) is 4.79 Å². The van der Waals surface area contributed by atoms with E-state index in [2.05, 4.69) is 4.90 Å². The van der Waals surface area contributed by atoms with Crippen molar-refractivity contribution in [3.05, 3.63) is 0 Å². The molecule has 1 saturated heterocycles. The third-order valence-corrected chi connectivity index (χ3v) is 4.99. The van der Waals surface area contributed by atoms with Gasteiger partial charge in [0.1, 0.15) is 0 Å². The number of fused-ring (bicyclic) bond motifs is 1. The van der Waals surface area contributed by atoms with Crippen LogP contribution in [-0.2, 0) is 4.79 Å². The summed E-state index contributed by atoms with van der Waals surface area (Å²) in [5, 5.41) is 0. The van der Waals surface area contributed by atoms with Crippen LogP contribution in [0.5, 0.6) is 0 Å². The third kappa shape index (κ3) is 2.22. The first-order valence-electron chi connectivity index (χ1n) is 7.30. The lowest BCUT2D eigenvalue weighted by molar-refractivity contribution is -0.136. The summed E-state index contributed by atoms with van der Waals surface area (Å²) in [5.41, 5.74) is 5.57. The molecule has 3 aliphatic rings. The molecule has 1 aliphatic heterocycles. The van der Waals surface area contributed by atoms with Crippen molar-refractivity contribution in [1.29, 1.82) is 0 Å². The third-order valence-electron chi connectivity index (χ3n) is 4.99. The molecule has 0 spiro atoms. The predicted molar refractivity (Wildman–Crippen MR) is 67.3 cm³/mol. The van der Waals surface area contributed by atoms with Crippen molar-refractivity contribution < 1.29 is 4.79 Å². The quantitative estimate of drug-likeness (QED) is 0.808. The first-order valence-corrected chi connectivity index (χ1v) is 7.30. The number of amides is 1. The van der Waals surface area contributed by atoms with Crippen LogP contribution >= 0.6 is 0 Å². The van der Waals surface area contributed by atoms with Gasteiger partial charge in [-0.2, -0.15) is 0 Å². The van der Waals surface area contributed by atoms with Crippen LogP contribution in [0.4, 0.5) is 0 Å². The standard InChI is InChI=1S/C14H24N2O/c15-5-1-3-13-4-2-6-16(13)14(17)12-8-10-7-11(10)9-12/h10-13H,1-9,15H2. The van der Waals surface area contributed by atoms with E-state index in [-0.39, 0.29) is 0 Å². The van der Waals surface area contributed by atoms with E-state index in [1.807, 2.05) is 0 Å².